The van der Waals surface area contributed by atoms with E-state index in [4.69, 9.17) is 5.21 Å². The standard InChI is InChI=1S/C10H12N2O/c1-7-2-3-9-8(6-7)4-5-11-10(9)12-13/h2-3,6,13H,4-5H2,1H3,(H,11,12). The molecule has 0 amide bonds. The third-order valence-electron chi connectivity index (χ3n) is 2.27. The Morgan fingerprint density at radius 3 is 3.08 bits per heavy atom. The number of hydroxylamine groups is 1. The predicted molar refractivity (Wildman–Crippen MR) is 51.2 cm³/mol. The van der Waals surface area contributed by atoms with E-state index in [1.54, 1.807) is 0 Å². The van der Waals surface area contributed by atoms with E-state index in [2.05, 4.69) is 23.5 Å². The first-order valence-corrected chi connectivity index (χ1v) is 4.36. The number of nitrogens with zero attached hydrogens (tertiary/aromatic N) is 1. The van der Waals surface area contributed by atoms with Crippen LogP contribution in [-0.4, -0.2) is 17.6 Å². The zero-order valence-electron chi connectivity index (χ0n) is 7.54. The molecule has 0 fully saturated rings. The Bertz CT molecular complexity index is 358. The summed E-state index contributed by atoms with van der Waals surface area (Å²) in [4.78, 5) is 4.17. The van der Waals surface area contributed by atoms with Crippen LogP contribution in [0.1, 0.15) is 16.7 Å². The molecule has 13 heavy (non-hydrogen) atoms. The fourth-order valence-corrected chi connectivity index (χ4v) is 1.63. The van der Waals surface area contributed by atoms with Gasteiger partial charge < -0.3 is 0 Å². The number of hydrogen-bond donors (Lipinski definition) is 2. The Kier molecular flexibility index (Phi) is 2.02. The van der Waals surface area contributed by atoms with E-state index in [0.717, 1.165) is 18.5 Å². The number of aryl methyl sites for hydroxylation is 1. The smallest absolute Gasteiger partial charge is 0.152 e. The zero-order chi connectivity index (χ0) is 9.26. The van der Waals surface area contributed by atoms with Crippen molar-refractivity contribution in [3.63, 3.8) is 0 Å². The molecule has 0 atom stereocenters. The summed E-state index contributed by atoms with van der Waals surface area (Å²) in [6.07, 6.45) is 0.961. The van der Waals surface area contributed by atoms with E-state index < -0.39 is 0 Å². The van der Waals surface area contributed by atoms with Crippen LogP contribution < -0.4 is 5.48 Å². The lowest BCUT2D eigenvalue weighted by atomic mass is 9.99. The van der Waals surface area contributed by atoms with Crippen molar-refractivity contribution in [2.45, 2.75) is 13.3 Å². The van der Waals surface area contributed by atoms with Crippen molar-refractivity contribution in [3.05, 3.63) is 34.9 Å². The molecule has 1 aromatic rings. The first-order chi connectivity index (χ1) is 6.31. The van der Waals surface area contributed by atoms with Crippen molar-refractivity contribution < 1.29 is 5.21 Å². The highest BCUT2D eigenvalue weighted by Crippen LogP contribution is 2.16. The van der Waals surface area contributed by atoms with Crippen molar-refractivity contribution in [3.8, 4) is 0 Å². The average Bonchev–Trinajstić information content (AvgIpc) is 2.16. The highest BCUT2D eigenvalue weighted by Gasteiger charge is 2.12. The quantitative estimate of drug-likeness (QED) is 0.585. The van der Waals surface area contributed by atoms with E-state index in [-0.39, 0.29) is 0 Å². The van der Waals surface area contributed by atoms with E-state index in [1.807, 2.05) is 12.1 Å². The molecule has 68 valence electrons. The van der Waals surface area contributed by atoms with Crippen molar-refractivity contribution in [1.82, 2.24) is 5.48 Å². The molecule has 0 saturated heterocycles. The van der Waals surface area contributed by atoms with Gasteiger partial charge in [0.2, 0.25) is 0 Å². The summed E-state index contributed by atoms with van der Waals surface area (Å²) in [5.41, 5.74) is 5.65. The highest BCUT2D eigenvalue weighted by atomic mass is 16.5. The van der Waals surface area contributed by atoms with E-state index in [1.165, 1.54) is 11.1 Å². The van der Waals surface area contributed by atoms with Gasteiger partial charge in [-0.3, -0.25) is 15.7 Å². The fourth-order valence-electron chi connectivity index (χ4n) is 1.63. The first-order valence-electron chi connectivity index (χ1n) is 4.36. The molecule has 2 rings (SSSR count). The maximum atomic E-state index is 8.83. The van der Waals surface area contributed by atoms with Crippen LogP contribution in [0.2, 0.25) is 0 Å². The molecule has 1 heterocycles. The zero-order valence-corrected chi connectivity index (χ0v) is 7.54. The van der Waals surface area contributed by atoms with Gasteiger partial charge in [0.1, 0.15) is 0 Å². The summed E-state index contributed by atoms with van der Waals surface area (Å²) < 4.78 is 0. The molecule has 0 saturated carbocycles. The minimum atomic E-state index is 0.584. The van der Waals surface area contributed by atoms with Crippen LogP contribution in [0.4, 0.5) is 0 Å². The topological polar surface area (TPSA) is 44.6 Å². The van der Waals surface area contributed by atoms with Gasteiger partial charge in [-0.1, -0.05) is 23.8 Å². The summed E-state index contributed by atoms with van der Waals surface area (Å²) >= 11 is 0. The molecule has 3 nitrogen and oxygen atoms in total. The number of fused-ring (bicyclic) bond motifs is 1. The van der Waals surface area contributed by atoms with Crippen LogP contribution in [0.25, 0.3) is 0 Å². The van der Waals surface area contributed by atoms with Crippen LogP contribution in [0.15, 0.2) is 23.2 Å². The van der Waals surface area contributed by atoms with Crippen molar-refractivity contribution in [2.24, 2.45) is 4.99 Å². The third kappa shape index (κ3) is 1.42. The number of benzene rings is 1. The first kappa shape index (κ1) is 8.26. The SMILES string of the molecule is Cc1ccc2c(c1)CCN=C2NO. The third-order valence-corrected chi connectivity index (χ3v) is 2.27. The summed E-state index contributed by atoms with van der Waals surface area (Å²) in [5, 5.41) is 8.83. The lowest BCUT2D eigenvalue weighted by molar-refractivity contribution is 0.234. The summed E-state index contributed by atoms with van der Waals surface area (Å²) in [5.74, 6) is 0.584. The summed E-state index contributed by atoms with van der Waals surface area (Å²) in [6, 6.07) is 6.16. The van der Waals surface area contributed by atoms with Crippen molar-refractivity contribution in [1.29, 1.82) is 0 Å². The Morgan fingerprint density at radius 1 is 1.46 bits per heavy atom. The molecule has 0 spiro atoms. The molecule has 0 unspecified atom stereocenters. The Balaban J connectivity index is 2.49. The molecule has 0 bridgehead atoms. The lowest BCUT2D eigenvalue weighted by Crippen LogP contribution is -2.25. The molecule has 1 aliphatic rings. The maximum absolute atomic E-state index is 8.83. The molecule has 2 N–H and O–H groups in total. The van der Waals surface area contributed by atoms with Gasteiger partial charge >= 0.3 is 0 Å². The molecular formula is C10H12N2O. The van der Waals surface area contributed by atoms with Crippen LogP contribution in [0.3, 0.4) is 0 Å². The van der Waals surface area contributed by atoms with Gasteiger partial charge in [0.25, 0.3) is 0 Å². The minimum Gasteiger partial charge on any atom is -0.290 e. The fraction of sp³-hybridized carbons (Fsp3) is 0.300. The van der Waals surface area contributed by atoms with E-state index in [9.17, 15) is 0 Å². The van der Waals surface area contributed by atoms with Crippen LogP contribution >= 0.6 is 0 Å². The summed E-state index contributed by atoms with van der Waals surface area (Å²) in [7, 11) is 0. The monoisotopic (exact) mass is 176 g/mol. The molecular weight excluding hydrogens is 164 g/mol. The number of aliphatic imine (C=N–C) groups is 1. The molecule has 1 aliphatic heterocycles. The van der Waals surface area contributed by atoms with Crippen molar-refractivity contribution in [2.75, 3.05) is 6.54 Å². The van der Waals surface area contributed by atoms with Crippen LogP contribution in [-0.2, 0) is 6.42 Å². The second-order valence-electron chi connectivity index (χ2n) is 3.25. The molecule has 0 aromatic heterocycles. The normalized spacial score (nSPS) is 14.8. The van der Waals surface area contributed by atoms with Crippen LogP contribution in [0.5, 0.6) is 0 Å². The highest BCUT2D eigenvalue weighted by molar-refractivity contribution is 6.00. The average molecular weight is 176 g/mol. The van der Waals surface area contributed by atoms with Gasteiger partial charge in [-0.15, -0.1) is 0 Å². The maximum Gasteiger partial charge on any atom is 0.152 e. The molecule has 1 aromatic carbocycles. The number of hydrogen-bond acceptors (Lipinski definition) is 3. The molecule has 3 heteroatoms. The second-order valence-corrected chi connectivity index (χ2v) is 3.25. The largest absolute Gasteiger partial charge is 0.290 e. The number of amidine groups is 1. The van der Waals surface area contributed by atoms with E-state index >= 15 is 0 Å². The Hall–Kier alpha value is -1.35. The van der Waals surface area contributed by atoms with Crippen LogP contribution in [0, 0.1) is 6.92 Å². The Morgan fingerprint density at radius 2 is 2.31 bits per heavy atom. The van der Waals surface area contributed by atoms with Gasteiger partial charge in [0.05, 0.1) is 0 Å². The van der Waals surface area contributed by atoms with Gasteiger partial charge in [-0.2, -0.15) is 0 Å². The molecule has 0 aliphatic carbocycles. The lowest BCUT2D eigenvalue weighted by Gasteiger charge is -2.15. The minimum absolute atomic E-state index is 0.584. The number of nitrogens with one attached hydrogen (secondary N) is 1. The second kappa shape index (κ2) is 3.18. The number of rotatable bonds is 0. The molecule has 0 radical (unpaired) electrons. The Labute approximate surface area is 77.1 Å². The summed E-state index contributed by atoms with van der Waals surface area (Å²) in [6.45, 7) is 2.82. The van der Waals surface area contributed by atoms with Gasteiger partial charge in [-0.05, 0) is 18.9 Å². The predicted octanol–water partition coefficient (Wildman–Crippen LogP) is 1.28. The van der Waals surface area contributed by atoms with Gasteiger partial charge in [0, 0.05) is 12.1 Å². The van der Waals surface area contributed by atoms with Gasteiger partial charge in [-0.25, -0.2) is 0 Å². The van der Waals surface area contributed by atoms with Crippen molar-refractivity contribution >= 4 is 5.84 Å². The van der Waals surface area contributed by atoms with Gasteiger partial charge in [0.15, 0.2) is 5.84 Å². The van der Waals surface area contributed by atoms with E-state index in [0.29, 0.717) is 5.84 Å².